The maximum absolute atomic E-state index is 14.1. The van der Waals surface area contributed by atoms with E-state index in [1.807, 2.05) is 121 Å². The Morgan fingerprint density at radius 3 is 1.12 bits per heavy atom. The largest absolute Gasteiger partial charge is 0.219 e. The molecular formula is C30H26O2S. The van der Waals surface area contributed by atoms with Gasteiger partial charge in [0.15, 0.2) is 9.84 Å². The molecule has 0 saturated heterocycles. The van der Waals surface area contributed by atoms with E-state index >= 15 is 0 Å². The molecule has 33 heavy (non-hydrogen) atoms. The predicted octanol–water partition coefficient (Wildman–Crippen LogP) is 6.97. The number of allylic oxidation sites excluding steroid dienone is 2. The molecule has 0 saturated carbocycles. The number of benzene rings is 4. The molecule has 0 heterocycles. The summed E-state index contributed by atoms with van der Waals surface area (Å²) in [4.78, 5) is 0.774. The van der Waals surface area contributed by atoms with Crippen molar-refractivity contribution in [3.05, 3.63) is 153 Å². The summed E-state index contributed by atoms with van der Waals surface area (Å²) in [6.07, 6.45) is 4.26. The average molecular weight is 451 g/mol. The van der Waals surface area contributed by atoms with Gasteiger partial charge in [0.05, 0.1) is 9.81 Å². The summed E-state index contributed by atoms with van der Waals surface area (Å²) in [5, 5.41) is 0. The van der Waals surface area contributed by atoms with Crippen LogP contribution in [0.25, 0.3) is 12.2 Å². The van der Waals surface area contributed by atoms with Crippen LogP contribution in [0.4, 0.5) is 0 Å². The summed E-state index contributed by atoms with van der Waals surface area (Å²) >= 11 is 0. The van der Waals surface area contributed by atoms with Crippen LogP contribution >= 0.6 is 0 Å². The SMILES string of the molecule is O=S(=O)(C(=Cc1ccccc1)Cc1ccccc1)C(=Cc1ccccc1)Cc1ccccc1. The first-order valence-electron chi connectivity index (χ1n) is 11.0. The highest BCUT2D eigenvalue weighted by Gasteiger charge is 2.24. The van der Waals surface area contributed by atoms with E-state index in [9.17, 15) is 8.42 Å². The van der Waals surface area contributed by atoms with Crippen LogP contribution in [0.15, 0.2) is 131 Å². The molecule has 4 aromatic rings. The molecule has 0 aliphatic rings. The molecular weight excluding hydrogens is 424 g/mol. The van der Waals surface area contributed by atoms with E-state index in [2.05, 4.69) is 0 Å². The molecule has 0 fully saturated rings. The van der Waals surface area contributed by atoms with Crippen molar-refractivity contribution in [2.24, 2.45) is 0 Å². The molecule has 164 valence electrons. The Morgan fingerprint density at radius 1 is 0.485 bits per heavy atom. The van der Waals surface area contributed by atoms with Gasteiger partial charge in [-0.15, -0.1) is 0 Å². The molecule has 0 amide bonds. The van der Waals surface area contributed by atoms with Crippen LogP contribution in [0.2, 0.25) is 0 Å². The molecule has 0 aliphatic heterocycles. The van der Waals surface area contributed by atoms with Crippen molar-refractivity contribution >= 4 is 22.0 Å². The van der Waals surface area contributed by atoms with Gasteiger partial charge in [-0.25, -0.2) is 8.42 Å². The molecule has 0 radical (unpaired) electrons. The minimum atomic E-state index is -3.73. The fourth-order valence-corrected chi connectivity index (χ4v) is 5.31. The summed E-state index contributed by atoms with van der Waals surface area (Å²) < 4.78 is 28.2. The van der Waals surface area contributed by atoms with Crippen LogP contribution in [0, 0.1) is 0 Å². The lowest BCUT2D eigenvalue weighted by atomic mass is 10.1. The van der Waals surface area contributed by atoms with Gasteiger partial charge < -0.3 is 0 Å². The number of hydrogen-bond donors (Lipinski definition) is 0. The van der Waals surface area contributed by atoms with Gasteiger partial charge in [0.1, 0.15) is 0 Å². The highest BCUT2D eigenvalue weighted by Crippen LogP contribution is 2.28. The van der Waals surface area contributed by atoms with Crippen molar-refractivity contribution in [3.63, 3.8) is 0 Å². The topological polar surface area (TPSA) is 34.1 Å². The monoisotopic (exact) mass is 450 g/mol. The molecule has 2 nitrogen and oxygen atoms in total. The molecule has 0 unspecified atom stereocenters. The Balaban J connectivity index is 1.82. The van der Waals surface area contributed by atoms with E-state index in [-0.39, 0.29) is 0 Å². The van der Waals surface area contributed by atoms with Gasteiger partial charge >= 0.3 is 0 Å². The van der Waals surface area contributed by atoms with Crippen molar-refractivity contribution < 1.29 is 8.42 Å². The molecule has 0 aliphatic carbocycles. The fourth-order valence-electron chi connectivity index (χ4n) is 3.68. The maximum Gasteiger partial charge on any atom is 0.199 e. The van der Waals surface area contributed by atoms with Gasteiger partial charge in [0.2, 0.25) is 0 Å². The van der Waals surface area contributed by atoms with E-state index in [0.717, 1.165) is 22.3 Å². The summed E-state index contributed by atoms with van der Waals surface area (Å²) in [6, 6.07) is 38.7. The van der Waals surface area contributed by atoms with Gasteiger partial charge in [-0.05, 0) is 34.4 Å². The summed E-state index contributed by atoms with van der Waals surface area (Å²) in [6.45, 7) is 0. The van der Waals surface area contributed by atoms with E-state index in [1.165, 1.54) is 0 Å². The molecule has 0 N–H and O–H groups in total. The van der Waals surface area contributed by atoms with Gasteiger partial charge in [0.25, 0.3) is 0 Å². The Labute approximate surface area is 196 Å². The minimum absolute atomic E-state index is 0.332. The van der Waals surface area contributed by atoms with Crippen molar-refractivity contribution in [1.82, 2.24) is 0 Å². The first kappa shape index (κ1) is 22.5. The van der Waals surface area contributed by atoms with Gasteiger partial charge in [-0.2, -0.15) is 0 Å². The molecule has 4 aromatic carbocycles. The standard InChI is InChI=1S/C30H26O2S/c31-33(32,29(21-25-13-5-1-6-14-25)22-26-15-7-2-8-16-26)30(23-27-17-9-3-10-18-27)24-28-19-11-4-12-20-28/h1-21,23H,22,24H2. The van der Waals surface area contributed by atoms with E-state index in [4.69, 9.17) is 0 Å². The van der Waals surface area contributed by atoms with Gasteiger partial charge in [0, 0.05) is 12.8 Å². The highest BCUT2D eigenvalue weighted by molar-refractivity contribution is 7.99. The van der Waals surface area contributed by atoms with Crippen LogP contribution < -0.4 is 0 Å². The van der Waals surface area contributed by atoms with Crippen LogP contribution in [-0.2, 0) is 22.7 Å². The highest BCUT2D eigenvalue weighted by atomic mass is 32.2. The minimum Gasteiger partial charge on any atom is -0.219 e. The fraction of sp³-hybridized carbons (Fsp3) is 0.0667. The van der Waals surface area contributed by atoms with Crippen molar-refractivity contribution in [2.75, 3.05) is 0 Å². The summed E-state index contributed by atoms with van der Waals surface area (Å²) in [7, 11) is -3.73. The zero-order valence-electron chi connectivity index (χ0n) is 18.3. The van der Waals surface area contributed by atoms with Crippen LogP contribution in [0.5, 0.6) is 0 Å². The second-order valence-corrected chi connectivity index (χ2v) is 9.93. The van der Waals surface area contributed by atoms with Gasteiger partial charge in [-0.1, -0.05) is 121 Å². The molecule has 0 bridgehead atoms. The zero-order valence-corrected chi connectivity index (χ0v) is 19.2. The smallest absolute Gasteiger partial charge is 0.199 e. The van der Waals surface area contributed by atoms with E-state index in [0.29, 0.717) is 22.7 Å². The molecule has 4 rings (SSSR count). The third kappa shape index (κ3) is 6.18. The zero-order chi connectivity index (χ0) is 22.9. The lowest BCUT2D eigenvalue weighted by Crippen LogP contribution is -2.12. The first-order valence-corrected chi connectivity index (χ1v) is 12.4. The number of rotatable bonds is 8. The van der Waals surface area contributed by atoms with E-state index in [1.54, 1.807) is 12.2 Å². The van der Waals surface area contributed by atoms with Crippen molar-refractivity contribution in [2.45, 2.75) is 12.8 Å². The maximum atomic E-state index is 14.1. The Kier molecular flexibility index (Phi) is 7.33. The lowest BCUT2D eigenvalue weighted by Gasteiger charge is -2.14. The molecule has 0 aromatic heterocycles. The third-order valence-corrected chi connectivity index (χ3v) is 7.29. The van der Waals surface area contributed by atoms with Gasteiger partial charge in [-0.3, -0.25) is 0 Å². The van der Waals surface area contributed by atoms with Crippen LogP contribution in [0.3, 0.4) is 0 Å². The third-order valence-electron chi connectivity index (χ3n) is 5.39. The molecule has 0 spiro atoms. The Morgan fingerprint density at radius 2 is 0.788 bits per heavy atom. The second-order valence-electron chi connectivity index (χ2n) is 7.87. The Bertz CT molecular complexity index is 1220. The van der Waals surface area contributed by atoms with E-state index < -0.39 is 9.84 Å². The van der Waals surface area contributed by atoms with Crippen molar-refractivity contribution in [1.29, 1.82) is 0 Å². The number of hydrogen-bond acceptors (Lipinski definition) is 2. The van der Waals surface area contributed by atoms with Crippen LogP contribution in [-0.4, -0.2) is 8.42 Å². The first-order chi connectivity index (χ1) is 16.1. The summed E-state index contributed by atoms with van der Waals surface area (Å²) in [5.41, 5.74) is 3.65. The molecule has 3 heteroatoms. The molecule has 0 atom stereocenters. The Hall–Kier alpha value is -3.69. The average Bonchev–Trinajstić information content (AvgIpc) is 2.86. The van der Waals surface area contributed by atoms with Crippen molar-refractivity contribution in [3.8, 4) is 0 Å². The lowest BCUT2D eigenvalue weighted by molar-refractivity contribution is 0.606. The second kappa shape index (κ2) is 10.8. The van der Waals surface area contributed by atoms with Crippen LogP contribution in [0.1, 0.15) is 22.3 Å². The number of sulfone groups is 1. The quantitative estimate of drug-likeness (QED) is 0.290. The normalized spacial score (nSPS) is 12.5. The predicted molar refractivity (Wildman–Crippen MR) is 138 cm³/mol. The summed E-state index contributed by atoms with van der Waals surface area (Å²) in [5.74, 6) is 0.